The fourth-order valence-electron chi connectivity index (χ4n) is 2.43. The maximum absolute atomic E-state index is 5.71. The van der Waals surface area contributed by atoms with Crippen LogP contribution in [0.3, 0.4) is 0 Å². The Balaban J connectivity index is 2.00. The molecular weight excluding hydrogens is 256 g/mol. The van der Waals surface area contributed by atoms with Gasteiger partial charge in [-0.1, -0.05) is 0 Å². The first-order chi connectivity index (χ1) is 9.65. The summed E-state index contributed by atoms with van der Waals surface area (Å²) in [5.41, 5.74) is 0.906. The zero-order valence-electron chi connectivity index (χ0n) is 12.6. The van der Waals surface area contributed by atoms with Gasteiger partial charge in [0.25, 0.3) is 0 Å². The summed E-state index contributed by atoms with van der Waals surface area (Å²) >= 11 is 0. The first-order valence-corrected chi connectivity index (χ1v) is 7.18. The molecule has 3 unspecified atom stereocenters. The van der Waals surface area contributed by atoms with E-state index < -0.39 is 0 Å². The summed E-state index contributed by atoms with van der Waals surface area (Å²) in [7, 11) is 1.72. The zero-order valence-corrected chi connectivity index (χ0v) is 12.6. The van der Waals surface area contributed by atoms with Crippen molar-refractivity contribution in [3.8, 4) is 5.88 Å². The minimum absolute atomic E-state index is 0.0713. The minimum Gasteiger partial charge on any atom is -0.473 e. The van der Waals surface area contributed by atoms with E-state index in [2.05, 4.69) is 10.3 Å². The highest BCUT2D eigenvalue weighted by atomic mass is 16.5. The summed E-state index contributed by atoms with van der Waals surface area (Å²) in [6, 6.07) is 4.11. The Labute approximate surface area is 120 Å². The molecule has 0 radical (unpaired) electrons. The molecule has 2 rings (SSSR count). The van der Waals surface area contributed by atoms with Crippen LogP contribution in [0, 0.1) is 0 Å². The predicted octanol–water partition coefficient (Wildman–Crippen LogP) is 2.47. The molecule has 0 bridgehead atoms. The van der Waals surface area contributed by atoms with Gasteiger partial charge in [0.1, 0.15) is 6.10 Å². The Bertz CT molecular complexity index is 425. The van der Waals surface area contributed by atoms with Crippen molar-refractivity contribution in [1.29, 1.82) is 0 Å². The summed E-state index contributed by atoms with van der Waals surface area (Å²) in [4.78, 5) is 4.28. The van der Waals surface area contributed by atoms with Crippen molar-refractivity contribution in [3.63, 3.8) is 0 Å². The lowest BCUT2D eigenvalue weighted by molar-refractivity contribution is -0.118. The van der Waals surface area contributed by atoms with E-state index in [4.69, 9.17) is 14.2 Å². The number of nitrogens with one attached hydrogen (secondary N) is 1. The van der Waals surface area contributed by atoms with Crippen molar-refractivity contribution in [2.75, 3.05) is 19.0 Å². The lowest BCUT2D eigenvalue weighted by atomic mass is 9.85. The van der Waals surface area contributed by atoms with E-state index in [1.54, 1.807) is 13.3 Å². The topological polar surface area (TPSA) is 52.6 Å². The van der Waals surface area contributed by atoms with Crippen LogP contribution in [0.25, 0.3) is 0 Å². The minimum atomic E-state index is 0.0713. The average Bonchev–Trinajstić information content (AvgIpc) is 2.39. The lowest BCUT2D eigenvalue weighted by Crippen LogP contribution is -2.56. The Morgan fingerprint density at radius 2 is 2.25 bits per heavy atom. The molecule has 1 aliphatic rings. The number of aromatic nitrogens is 1. The van der Waals surface area contributed by atoms with Crippen LogP contribution in [-0.2, 0) is 9.47 Å². The standard InChI is InChI=1S/C15H24N2O3/c1-5-19-13-9-12(14(13)18-4)17-11-7-6-8-16-15(11)20-10(2)3/h6-8,10,12-14,17H,5,9H2,1-4H3. The summed E-state index contributed by atoms with van der Waals surface area (Å²) in [5, 5.41) is 3.45. The lowest BCUT2D eigenvalue weighted by Gasteiger charge is -2.43. The second-order valence-corrected chi connectivity index (χ2v) is 5.20. The van der Waals surface area contributed by atoms with Crippen LogP contribution in [0.5, 0.6) is 5.88 Å². The number of methoxy groups -OCH3 is 1. The molecule has 1 heterocycles. The Hall–Kier alpha value is -1.33. The van der Waals surface area contributed by atoms with Gasteiger partial charge in [-0.3, -0.25) is 0 Å². The summed E-state index contributed by atoms with van der Waals surface area (Å²) in [6.07, 6.45) is 3.01. The quantitative estimate of drug-likeness (QED) is 0.831. The van der Waals surface area contributed by atoms with Gasteiger partial charge in [0.05, 0.1) is 23.9 Å². The third kappa shape index (κ3) is 3.41. The summed E-state index contributed by atoms with van der Waals surface area (Å²) in [5.74, 6) is 0.636. The molecular formula is C15H24N2O3. The number of nitrogens with zero attached hydrogens (tertiary/aromatic N) is 1. The smallest absolute Gasteiger partial charge is 0.237 e. The van der Waals surface area contributed by atoms with Crippen molar-refractivity contribution in [1.82, 2.24) is 4.98 Å². The molecule has 5 nitrogen and oxygen atoms in total. The van der Waals surface area contributed by atoms with Crippen molar-refractivity contribution in [2.45, 2.75) is 51.5 Å². The molecule has 0 saturated heterocycles. The summed E-state index contributed by atoms with van der Waals surface area (Å²) < 4.78 is 16.9. The van der Waals surface area contributed by atoms with Gasteiger partial charge < -0.3 is 19.5 Å². The number of ether oxygens (including phenoxy) is 3. The van der Waals surface area contributed by atoms with Gasteiger partial charge in [-0.2, -0.15) is 0 Å². The molecule has 1 aromatic heterocycles. The maximum atomic E-state index is 5.71. The van der Waals surface area contributed by atoms with Crippen LogP contribution in [0.2, 0.25) is 0 Å². The van der Waals surface area contributed by atoms with Crippen molar-refractivity contribution < 1.29 is 14.2 Å². The largest absolute Gasteiger partial charge is 0.473 e. The van der Waals surface area contributed by atoms with Crippen molar-refractivity contribution in [2.24, 2.45) is 0 Å². The van der Waals surface area contributed by atoms with Gasteiger partial charge in [0, 0.05) is 19.9 Å². The van der Waals surface area contributed by atoms with Gasteiger partial charge in [-0.25, -0.2) is 4.98 Å². The monoisotopic (exact) mass is 280 g/mol. The first-order valence-electron chi connectivity index (χ1n) is 7.18. The molecule has 0 amide bonds. The highest BCUT2D eigenvalue weighted by molar-refractivity contribution is 5.53. The fourth-order valence-corrected chi connectivity index (χ4v) is 2.43. The van der Waals surface area contributed by atoms with E-state index in [9.17, 15) is 0 Å². The SMILES string of the molecule is CCOC1CC(Nc2cccnc2OC(C)C)C1OC. The van der Waals surface area contributed by atoms with Gasteiger partial charge in [0.15, 0.2) is 0 Å². The normalized spacial score (nSPS) is 25.4. The van der Waals surface area contributed by atoms with Crippen LogP contribution in [-0.4, -0.2) is 43.1 Å². The van der Waals surface area contributed by atoms with Gasteiger partial charge in [-0.05, 0) is 39.3 Å². The van der Waals surface area contributed by atoms with Gasteiger partial charge >= 0.3 is 0 Å². The number of pyridine rings is 1. The van der Waals surface area contributed by atoms with Crippen LogP contribution in [0.4, 0.5) is 5.69 Å². The number of anilines is 1. The van der Waals surface area contributed by atoms with Crippen LogP contribution >= 0.6 is 0 Å². The average molecular weight is 280 g/mol. The van der Waals surface area contributed by atoms with Gasteiger partial charge in [0.2, 0.25) is 5.88 Å². The molecule has 0 aliphatic heterocycles. The number of hydrogen-bond donors (Lipinski definition) is 1. The van der Waals surface area contributed by atoms with Crippen LogP contribution < -0.4 is 10.1 Å². The van der Waals surface area contributed by atoms with E-state index in [0.29, 0.717) is 12.5 Å². The van der Waals surface area contributed by atoms with Gasteiger partial charge in [-0.15, -0.1) is 0 Å². The molecule has 112 valence electrons. The molecule has 0 spiro atoms. The second kappa shape index (κ2) is 6.90. The molecule has 1 N–H and O–H groups in total. The third-order valence-corrected chi connectivity index (χ3v) is 3.36. The molecule has 1 aliphatic carbocycles. The molecule has 3 atom stereocenters. The second-order valence-electron chi connectivity index (χ2n) is 5.20. The number of rotatable bonds is 7. The zero-order chi connectivity index (χ0) is 14.5. The molecule has 1 fully saturated rings. The Morgan fingerprint density at radius 1 is 1.45 bits per heavy atom. The summed E-state index contributed by atoms with van der Waals surface area (Å²) in [6.45, 7) is 6.70. The first kappa shape index (κ1) is 15.1. The molecule has 0 aromatic carbocycles. The van der Waals surface area contributed by atoms with Crippen LogP contribution in [0.1, 0.15) is 27.2 Å². The van der Waals surface area contributed by atoms with Crippen molar-refractivity contribution in [3.05, 3.63) is 18.3 Å². The van der Waals surface area contributed by atoms with E-state index in [1.165, 1.54) is 0 Å². The fraction of sp³-hybridized carbons (Fsp3) is 0.667. The Kier molecular flexibility index (Phi) is 5.20. The number of hydrogen-bond acceptors (Lipinski definition) is 5. The molecule has 20 heavy (non-hydrogen) atoms. The maximum Gasteiger partial charge on any atom is 0.237 e. The molecule has 5 heteroatoms. The van der Waals surface area contributed by atoms with E-state index in [-0.39, 0.29) is 24.4 Å². The molecule has 1 aromatic rings. The predicted molar refractivity (Wildman–Crippen MR) is 78.2 cm³/mol. The highest BCUT2D eigenvalue weighted by Crippen LogP contribution is 2.32. The van der Waals surface area contributed by atoms with Crippen molar-refractivity contribution >= 4 is 5.69 Å². The van der Waals surface area contributed by atoms with E-state index in [0.717, 1.165) is 12.1 Å². The highest BCUT2D eigenvalue weighted by Gasteiger charge is 2.42. The Morgan fingerprint density at radius 3 is 2.90 bits per heavy atom. The van der Waals surface area contributed by atoms with E-state index >= 15 is 0 Å². The van der Waals surface area contributed by atoms with Crippen LogP contribution in [0.15, 0.2) is 18.3 Å². The van der Waals surface area contributed by atoms with E-state index in [1.807, 2.05) is 32.9 Å². The third-order valence-electron chi connectivity index (χ3n) is 3.36. The molecule has 1 saturated carbocycles.